The van der Waals surface area contributed by atoms with Gasteiger partial charge in [-0.1, -0.05) is 6.07 Å². The number of rotatable bonds is 7. The van der Waals surface area contributed by atoms with Crippen LogP contribution in [0.1, 0.15) is 31.7 Å². The van der Waals surface area contributed by atoms with Crippen LogP contribution >= 0.6 is 11.8 Å². The first kappa shape index (κ1) is 20.7. The van der Waals surface area contributed by atoms with E-state index in [-0.39, 0.29) is 12.4 Å². The Morgan fingerprint density at radius 1 is 1.42 bits per heavy atom. The molecule has 1 fully saturated rings. The number of halogens is 3. The number of aromatic nitrogens is 1. The molecule has 2 N–H and O–H groups in total. The Bertz CT molecular complexity index is 598. The number of hydrogen-bond donors (Lipinski definition) is 2. The summed E-state index contributed by atoms with van der Waals surface area (Å²) in [5.74, 6) is 0.623. The summed E-state index contributed by atoms with van der Waals surface area (Å²) in [6.07, 6.45) is 2.48. The molecule has 0 aliphatic heterocycles. The third kappa shape index (κ3) is 6.93. The molecule has 1 saturated carbocycles. The number of alkyl halides is 3. The monoisotopic (exact) mass is 390 g/mol. The summed E-state index contributed by atoms with van der Waals surface area (Å²) >= 11 is 1.88. The molecule has 1 aliphatic carbocycles. The van der Waals surface area contributed by atoms with Crippen LogP contribution in [0.25, 0.3) is 0 Å². The third-order valence-corrected chi connectivity index (χ3v) is 5.13. The van der Waals surface area contributed by atoms with Crippen LogP contribution in [0.2, 0.25) is 0 Å². The van der Waals surface area contributed by atoms with Crippen molar-refractivity contribution < 1.29 is 17.9 Å². The summed E-state index contributed by atoms with van der Waals surface area (Å²) in [6, 6.07) is 3.69. The highest BCUT2D eigenvalue weighted by atomic mass is 32.2. The van der Waals surface area contributed by atoms with Gasteiger partial charge in [0.15, 0.2) is 12.6 Å². The normalized spacial score (nSPS) is 20.9. The minimum Gasteiger partial charge on any atom is -0.468 e. The SMILES string of the molecule is CCNC(=NCc1cccnc1OCC(F)(F)F)NC1CCC(SC)C1. The van der Waals surface area contributed by atoms with Crippen LogP contribution in [0, 0.1) is 0 Å². The highest BCUT2D eigenvalue weighted by molar-refractivity contribution is 7.99. The molecule has 0 amide bonds. The number of hydrogen-bond acceptors (Lipinski definition) is 4. The molecule has 0 aromatic carbocycles. The number of nitrogens with one attached hydrogen (secondary N) is 2. The van der Waals surface area contributed by atoms with Crippen molar-refractivity contribution in [2.75, 3.05) is 19.4 Å². The van der Waals surface area contributed by atoms with E-state index in [4.69, 9.17) is 4.74 Å². The lowest BCUT2D eigenvalue weighted by atomic mass is 10.2. The van der Waals surface area contributed by atoms with Gasteiger partial charge >= 0.3 is 6.18 Å². The summed E-state index contributed by atoms with van der Waals surface area (Å²) in [6.45, 7) is 1.50. The van der Waals surface area contributed by atoms with Gasteiger partial charge in [-0.05, 0) is 38.5 Å². The lowest BCUT2D eigenvalue weighted by Crippen LogP contribution is -2.42. The first-order valence-electron chi connectivity index (χ1n) is 8.62. The Labute approximate surface area is 156 Å². The van der Waals surface area contributed by atoms with E-state index in [1.54, 1.807) is 12.1 Å². The predicted molar refractivity (Wildman–Crippen MR) is 98.7 cm³/mol. The lowest BCUT2D eigenvalue weighted by Gasteiger charge is -2.17. The second-order valence-corrected chi connectivity index (χ2v) is 7.22. The summed E-state index contributed by atoms with van der Waals surface area (Å²) in [7, 11) is 0. The molecule has 1 heterocycles. The predicted octanol–water partition coefficient (Wildman–Crippen LogP) is 3.36. The average molecular weight is 390 g/mol. The highest BCUT2D eigenvalue weighted by Gasteiger charge is 2.29. The van der Waals surface area contributed by atoms with Crippen molar-refractivity contribution >= 4 is 17.7 Å². The Morgan fingerprint density at radius 3 is 2.88 bits per heavy atom. The maximum atomic E-state index is 12.4. The van der Waals surface area contributed by atoms with Crippen molar-refractivity contribution in [2.45, 2.75) is 50.2 Å². The second kappa shape index (κ2) is 9.89. The molecular weight excluding hydrogens is 365 g/mol. The molecule has 1 aliphatic rings. The smallest absolute Gasteiger partial charge is 0.422 e. The second-order valence-electron chi connectivity index (χ2n) is 6.08. The zero-order valence-corrected chi connectivity index (χ0v) is 15.8. The van der Waals surface area contributed by atoms with Crippen LogP contribution in [0.15, 0.2) is 23.3 Å². The number of thioether (sulfide) groups is 1. The Balaban J connectivity index is 2.00. The molecule has 9 heteroatoms. The molecule has 1 aromatic rings. The van der Waals surface area contributed by atoms with Crippen LogP contribution in [0.5, 0.6) is 5.88 Å². The number of ether oxygens (including phenoxy) is 1. The van der Waals surface area contributed by atoms with Gasteiger partial charge in [0.25, 0.3) is 0 Å². The van der Waals surface area contributed by atoms with Gasteiger partial charge < -0.3 is 15.4 Å². The van der Waals surface area contributed by atoms with Gasteiger partial charge in [0.1, 0.15) is 0 Å². The van der Waals surface area contributed by atoms with Gasteiger partial charge in [-0.3, -0.25) is 0 Å². The average Bonchev–Trinajstić information content (AvgIpc) is 3.06. The van der Waals surface area contributed by atoms with Crippen molar-refractivity contribution in [3.8, 4) is 5.88 Å². The Morgan fingerprint density at radius 2 is 2.23 bits per heavy atom. The maximum absolute atomic E-state index is 12.4. The number of aliphatic imine (C=N–C) groups is 1. The van der Waals surface area contributed by atoms with E-state index in [0.717, 1.165) is 12.8 Å². The summed E-state index contributed by atoms with van der Waals surface area (Å²) in [4.78, 5) is 8.38. The topological polar surface area (TPSA) is 58.5 Å². The van der Waals surface area contributed by atoms with Crippen molar-refractivity contribution in [1.29, 1.82) is 0 Å². The van der Waals surface area contributed by atoms with E-state index < -0.39 is 12.8 Å². The minimum atomic E-state index is -4.40. The van der Waals surface area contributed by atoms with Crippen molar-refractivity contribution in [3.63, 3.8) is 0 Å². The molecule has 2 unspecified atom stereocenters. The maximum Gasteiger partial charge on any atom is 0.422 e. The summed E-state index contributed by atoms with van der Waals surface area (Å²) in [5, 5.41) is 7.25. The van der Waals surface area contributed by atoms with E-state index in [1.807, 2.05) is 18.7 Å². The van der Waals surface area contributed by atoms with Gasteiger partial charge in [-0.15, -0.1) is 0 Å². The quantitative estimate of drug-likeness (QED) is 0.552. The van der Waals surface area contributed by atoms with E-state index in [1.165, 1.54) is 12.6 Å². The van der Waals surface area contributed by atoms with Crippen molar-refractivity contribution in [1.82, 2.24) is 15.6 Å². The first-order valence-corrected chi connectivity index (χ1v) is 9.91. The van der Waals surface area contributed by atoms with Crippen LogP contribution in [0.3, 0.4) is 0 Å². The molecular formula is C17H25F3N4OS. The lowest BCUT2D eigenvalue weighted by molar-refractivity contribution is -0.154. The molecule has 1 aromatic heterocycles. The summed E-state index contributed by atoms with van der Waals surface area (Å²) < 4.78 is 41.9. The third-order valence-electron chi connectivity index (χ3n) is 4.03. The first-order chi connectivity index (χ1) is 12.4. The van der Waals surface area contributed by atoms with Gasteiger partial charge in [0, 0.05) is 29.6 Å². The fourth-order valence-electron chi connectivity index (χ4n) is 2.79. The van der Waals surface area contributed by atoms with E-state index >= 15 is 0 Å². The zero-order valence-electron chi connectivity index (χ0n) is 15.0. The minimum absolute atomic E-state index is 0.0345. The molecule has 0 bridgehead atoms. The van der Waals surface area contributed by atoms with Gasteiger partial charge in [0.2, 0.25) is 5.88 Å². The van der Waals surface area contributed by atoms with Crippen LogP contribution in [-0.4, -0.2) is 47.8 Å². The highest BCUT2D eigenvalue weighted by Crippen LogP contribution is 2.28. The van der Waals surface area contributed by atoms with E-state index in [9.17, 15) is 13.2 Å². The van der Waals surface area contributed by atoms with Gasteiger partial charge in [-0.25, -0.2) is 9.98 Å². The van der Waals surface area contributed by atoms with Crippen LogP contribution in [-0.2, 0) is 6.54 Å². The van der Waals surface area contributed by atoms with Gasteiger partial charge in [0.05, 0.1) is 6.54 Å². The molecule has 0 saturated heterocycles. The fourth-order valence-corrected chi connectivity index (χ4v) is 3.58. The molecule has 146 valence electrons. The van der Waals surface area contributed by atoms with Crippen molar-refractivity contribution in [2.24, 2.45) is 4.99 Å². The van der Waals surface area contributed by atoms with E-state index in [2.05, 4.69) is 26.9 Å². The van der Waals surface area contributed by atoms with Gasteiger partial charge in [-0.2, -0.15) is 24.9 Å². The summed E-state index contributed by atoms with van der Waals surface area (Å²) in [5.41, 5.74) is 0.516. The largest absolute Gasteiger partial charge is 0.468 e. The number of guanidine groups is 1. The molecule has 0 spiro atoms. The molecule has 2 rings (SSSR count). The Kier molecular flexibility index (Phi) is 7.86. The van der Waals surface area contributed by atoms with E-state index in [0.29, 0.717) is 29.4 Å². The fraction of sp³-hybridized carbons (Fsp3) is 0.647. The van der Waals surface area contributed by atoms with Crippen LogP contribution < -0.4 is 15.4 Å². The van der Waals surface area contributed by atoms with Crippen molar-refractivity contribution in [3.05, 3.63) is 23.9 Å². The Hall–Kier alpha value is -1.64. The number of pyridine rings is 1. The molecule has 0 radical (unpaired) electrons. The standard InChI is InChI=1S/C17H25F3N4OS/c1-3-21-16(24-13-6-7-14(9-13)26-2)23-10-12-5-4-8-22-15(12)25-11-17(18,19)20/h4-5,8,13-14H,3,6-7,9-11H2,1-2H3,(H2,21,23,24). The number of nitrogens with zero attached hydrogens (tertiary/aromatic N) is 2. The van der Waals surface area contributed by atoms with Crippen LogP contribution in [0.4, 0.5) is 13.2 Å². The molecule has 5 nitrogen and oxygen atoms in total. The zero-order chi connectivity index (χ0) is 19.0. The molecule has 26 heavy (non-hydrogen) atoms. The molecule has 2 atom stereocenters.